The summed E-state index contributed by atoms with van der Waals surface area (Å²) >= 11 is 0. The van der Waals surface area contributed by atoms with Gasteiger partial charge in [-0.15, -0.1) is 0 Å². The zero-order valence-corrected chi connectivity index (χ0v) is 25.7. The van der Waals surface area contributed by atoms with E-state index in [0.717, 1.165) is 74.9 Å². The molecule has 8 heteroatoms. The number of carboxylic acids is 1. The van der Waals surface area contributed by atoms with Crippen LogP contribution < -0.4 is 10.1 Å². The number of amides is 1. The number of nitriles is 1. The maximum atomic E-state index is 13.4. The van der Waals surface area contributed by atoms with E-state index in [4.69, 9.17) is 4.74 Å². The monoisotopic (exact) mass is 594 g/mol. The summed E-state index contributed by atoms with van der Waals surface area (Å²) in [6.45, 7) is 3.79. The van der Waals surface area contributed by atoms with E-state index < -0.39 is 11.4 Å². The van der Waals surface area contributed by atoms with Crippen LogP contribution in [0.4, 0.5) is 0 Å². The number of aliphatic carboxylic acids is 1. The number of likely N-dealkylation sites (tertiary alicyclic amines) is 1. The molecule has 8 nitrogen and oxygen atoms in total. The van der Waals surface area contributed by atoms with Crippen molar-refractivity contribution in [3.05, 3.63) is 64.8 Å². The summed E-state index contributed by atoms with van der Waals surface area (Å²) in [4.78, 5) is 31.2. The predicted octanol–water partition coefficient (Wildman–Crippen LogP) is 6.65. The summed E-state index contributed by atoms with van der Waals surface area (Å²) in [6.07, 6.45) is 10.1. The Labute approximate surface area is 258 Å². The van der Waals surface area contributed by atoms with Gasteiger partial charge in [0.1, 0.15) is 5.75 Å². The zero-order valence-electron chi connectivity index (χ0n) is 25.7. The average Bonchev–Trinajstić information content (AvgIpc) is 3.53. The Morgan fingerprint density at radius 2 is 1.77 bits per heavy atom. The maximum absolute atomic E-state index is 13.4. The second kappa shape index (κ2) is 10.7. The molecule has 1 amide bonds. The van der Waals surface area contributed by atoms with E-state index in [1.54, 1.807) is 7.11 Å². The number of ether oxygens (including phenoxy) is 1. The van der Waals surface area contributed by atoms with Crippen molar-refractivity contribution in [2.75, 3.05) is 13.7 Å². The van der Waals surface area contributed by atoms with Crippen LogP contribution in [0.1, 0.15) is 97.3 Å². The maximum Gasteiger partial charge on any atom is 0.309 e. The number of piperidine rings is 1. The van der Waals surface area contributed by atoms with Gasteiger partial charge in [-0.05, 0) is 118 Å². The fraction of sp³-hybridized carbons (Fsp3) is 0.528. The summed E-state index contributed by atoms with van der Waals surface area (Å²) in [5, 5.41) is 23.8. The van der Waals surface area contributed by atoms with Crippen LogP contribution in [0, 0.1) is 35.0 Å². The number of aromatic amines is 1. The molecule has 2 heterocycles. The number of nitrogens with zero attached hydrogens (tertiary/aromatic N) is 2. The minimum Gasteiger partial charge on any atom is -0.496 e. The highest BCUT2D eigenvalue weighted by Gasteiger charge is 2.53. The second-order valence-corrected chi connectivity index (χ2v) is 14.3. The Morgan fingerprint density at radius 3 is 2.41 bits per heavy atom. The Morgan fingerprint density at radius 1 is 1.07 bits per heavy atom. The molecule has 1 spiro atoms. The summed E-state index contributed by atoms with van der Waals surface area (Å²) in [6, 6.07) is 15.0. The van der Waals surface area contributed by atoms with Crippen LogP contribution in [-0.2, 0) is 11.3 Å². The van der Waals surface area contributed by atoms with Gasteiger partial charge in [-0.2, -0.15) is 5.26 Å². The highest BCUT2D eigenvalue weighted by molar-refractivity contribution is 5.95. The molecule has 1 aliphatic heterocycles. The number of hydrogen-bond acceptors (Lipinski definition) is 5. The summed E-state index contributed by atoms with van der Waals surface area (Å²) in [7, 11) is 1.74. The SMILES string of the molecule is COc1cc(C)c2[nH]ccc2c1CN1CCC2(CC(C#N)C2)C[C@H]1c1ccc(C(=O)NC23CCC(C(=O)O)(CC2)CC3)cc1. The number of carboxylic acid groups (broad SMARTS) is 1. The Hall–Kier alpha value is -3.83. The third-order valence-electron chi connectivity index (χ3n) is 11.9. The van der Waals surface area contributed by atoms with Gasteiger partial charge in [-0.1, -0.05) is 12.1 Å². The molecule has 0 radical (unpaired) electrons. The molecular formula is C36H42N4O4. The van der Waals surface area contributed by atoms with Gasteiger partial charge in [0.15, 0.2) is 0 Å². The first-order valence-corrected chi connectivity index (χ1v) is 16.1. The lowest BCUT2D eigenvalue weighted by atomic mass is 9.56. The molecule has 1 atom stereocenters. The van der Waals surface area contributed by atoms with Crippen molar-refractivity contribution < 1.29 is 19.4 Å². The number of nitrogens with one attached hydrogen (secondary N) is 2. The van der Waals surface area contributed by atoms with Gasteiger partial charge in [0.25, 0.3) is 5.91 Å². The van der Waals surface area contributed by atoms with Crippen molar-refractivity contribution >= 4 is 22.8 Å². The molecule has 4 aliphatic carbocycles. The zero-order chi connectivity index (χ0) is 30.7. The van der Waals surface area contributed by atoms with Crippen molar-refractivity contribution in [1.82, 2.24) is 15.2 Å². The number of methoxy groups -OCH3 is 1. The molecular weight excluding hydrogens is 552 g/mol. The van der Waals surface area contributed by atoms with Crippen LogP contribution in [0.15, 0.2) is 42.6 Å². The lowest BCUT2D eigenvalue weighted by molar-refractivity contribution is -0.156. The highest BCUT2D eigenvalue weighted by Crippen LogP contribution is 2.57. The van der Waals surface area contributed by atoms with Gasteiger partial charge in [0, 0.05) is 52.3 Å². The van der Waals surface area contributed by atoms with Crippen LogP contribution in [0.25, 0.3) is 10.9 Å². The quantitative estimate of drug-likeness (QED) is 0.282. The Bertz CT molecular complexity index is 1620. The lowest BCUT2D eigenvalue weighted by Crippen LogP contribution is -2.58. The molecule has 230 valence electrons. The first-order valence-electron chi connectivity index (χ1n) is 16.1. The van der Waals surface area contributed by atoms with Gasteiger partial charge in [0.2, 0.25) is 0 Å². The molecule has 8 rings (SSSR count). The first-order chi connectivity index (χ1) is 21.2. The van der Waals surface area contributed by atoms with E-state index in [1.807, 2.05) is 18.3 Å². The standard InChI is InChI=1S/C36H42N4O4/c1-23-17-30(44-2)28(27-7-15-38-31(23)27)22-40-16-14-34(18-24(19-34)21-37)20-29(40)25-3-5-26(6-4-25)32(41)39-36-11-8-35(9-12-36,10-13-36)33(42)43/h3-7,15,17,24,29,38H,8-14,16,18-20,22H2,1-2H3,(H,39,41)(H,42,43)/t24?,29-,34?,35?,36?/m0/s1. The molecule has 5 aliphatic rings. The van der Waals surface area contributed by atoms with Gasteiger partial charge in [-0.25, -0.2) is 0 Å². The molecule has 5 fully saturated rings. The molecule has 3 N–H and O–H groups in total. The van der Waals surface area contributed by atoms with Crippen LogP contribution in [0.5, 0.6) is 5.75 Å². The third-order valence-corrected chi connectivity index (χ3v) is 11.9. The van der Waals surface area contributed by atoms with Crippen LogP contribution in [0.2, 0.25) is 0 Å². The van der Waals surface area contributed by atoms with Gasteiger partial charge in [-0.3, -0.25) is 14.5 Å². The van der Waals surface area contributed by atoms with E-state index in [-0.39, 0.29) is 28.8 Å². The van der Waals surface area contributed by atoms with E-state index in [9.17, 15) is 20.0 Å². The van der Waals surface area contributed by atoms with Crippen molar-refractivity contribution in [1.29, 1.82) is 5.26 Å². The van der Waals surface area contributed by atoms with Gasteiger partial charge < -0.3 is 20.1 Å². The minimum absolute atomic E-state index is 0.0756. The number of fused-ring (bicyclic) bond motifs is 4. The average molecular weight is 595 g/mol. The molecule has 2 bridgehead atoms. The smallest absolute Gasteiger partial charge is 0.309 e. The Kier molecular flexibility index (Phi) is 7.00. The normalized spacial score (nSPS) is 31.4. The van der Waals surface area contributed by atoms with E-state index in [2.05, 4.69) is 52.5 Å². The second-order valence-electron chi connectivity index (χ2n) is 14.3. The summed E-state index contributed by atoms with van der Waals surface area (Å²) in [5.74, 6) is 0.298. The lowest BCUT2D eigenvalue weighted by Gasteiger charge is -2.53. The van der Waals surface area contributed by atoms with E-state index >= 15 is 0 Å². The van der Waals surface area contributed by atoms with Crippen LogP contribution in [-0.4, -0.2) is 46.1 Å². The number of aromatic nitrogens is 1. The van der Waals surface area contributed by atoms with E-state index in [1.165, 1.54) is 16.5 Å². The van der Waals surface area contributed by atoms with Crippen molar-refractivity contribution in [3.8, 4) is 11.8 Å². The number of benzene rings is 2. The summed E-state index contributed by atoms with van der Waals surface area (Å²) in [5.41, 5.74) is 4.62. The molecule has 0 unspecified atom stereocenters. The fourth-order valence-corrected chi connectivity index (χ4v) is 8.99. The highest BCUT2D eigenvalue weighted by atomic mass is 16.5. The first kappa shape index (κ1) is 28.9. The van der Waals surface area contributed by atoms with Gasteiger partial charge >= 0.3 is 5.97 Å². The number of rotatable bonds is 7. The van der Waals surface area contributed by atoms with Crippen LogP contribution >= 0.6 is 0 Å². The van der Waals surface area contributed by atoms with E-state index in [0.29, 0.717) is 24.8 Å². The molecule has 1 aromatic heterocycles. The number of aryl methyl sites for hydroxylation is 1. The number of carbonyl (C=O) groups excluding carboxylic acids is 1. The molecule has 2 aromatic carbocycles. The topological polar surface area (TPSA) is 118 Å². The van der Waals surface area contributed by atoms with Crippen molar-refractivity contribution in [2.24, 2.45) is 16.7 Å². The van der Waals surface area contributed by atoms with Gasteiger partial charge in [0.05, 0.1) is 18.6 Å². The minimum atomic E-state index is -0.686. The third kappa shape index (κ3) is 4.77. The van der Waals surface area contributed by atoms with Crippen molar-refractivity contribution in [2.45, 2.75) is 89.3 Å². The van der Waals surface area contributed by atoms with Crippen molar-refractivity contribution in [3.63, 3.8) is 0 Å². The molecule has 1 saturated heterocycles. The number of H-pyrrole nitrogens is 1. The number of carbonyl (C=O) groups is 2. The fourth-order valence-electron chi connectivity index (χ4n) is 8.99. The Balaban J connectivity index is 1.12. The molecule has 3 aromatic rings. The van der Waals surface area contributed by atoms with Crippen LogP contribution in [0.3, 0.4) is 0 Å². The predicted molar refractivity (Wildman–Crippen MR) is 167 cm³/mol. The largest absolute Gasteiger partial charge is 0.496 e. The molecule has 4 saturated carbocycles. The number of hydrogen-bond donors (Lipinski definition) is 3. The summed E-state index contributed by atoms with van der Waals surface area (Å²) < 4.78 is 5.88. The molecule has 44 heavy (non-hydrogen) atoms.